The smallest absolute Gasteiger partial charge is 0.242 e. The fraction of sp³-hybridized carbons (Fsp3) is 0.188. The van der Waals surface area contributed by atoms with Crippen molar-refractivity contribution in [3.05, 3.63) is 59.9 Å². The molecule has 0 radical (unpaired) electrons. The number of rotatable bonds is 6. The zero-order chi connectivity index (χ0) is 18.6. The summed E-state index contributed by atoms with van der Waals surface area (Å²) in [5.74, 6) is -3.54. The summed E-state index contributed by atoms with van der Waals surface area (Å²) in [5, 5.41) is 2.31. The second-order valence-electron chi connectivity index (χ2n) is 5.15. The van der Waals surface area contributed by atoms with Crippen molar-refractivity contribution in [2.24, 2.45) is 0 Å². The average molecular weight is 372 g/mol. The molecule has 0 aliphatic rings. The van der Waals surface area contributed by atoms with Gasteiger partial charge in [-0.3, -0.25) is 4.79 Å². The maximum atomic E-state index is 13.2. The van der Waals surface area contributed by atoms with E-state index in [4.69, 9.17) is 0 Å². The second-order valence-corrected chi connectivity index (χ2v) is 6.87. The Balaban J connectivity index is 2.13. The molecule has 2 rings (SSSR count). The Morgan fingerprint density at radius 2 is 1.68 bits per heavy atom. The topological polar surface area (TPSA) is 75.3 Å². The first-order chi connectivity index (χ1) is 11.7. The normalized spacial score (nSPS) is 12.6. The van der Waals surface area contributed by atoms with E-state index in [0.29, 0.717) is 0 Å². The summed E-state index contributed by atoms with van der Waals surface area (Å²) in [5.41, 5.74) is -0.0108. The van der Waals surface area contributed by atoms with Gasteiger partial charge in [0.2, 0.25) is 15.9 Å². The highest BCUT2D eigenvalue weighted by atomic mass is 32.2. The van der Waals surface area contributed by atoms with Gasteiger partial charge in [-0.05, 0) is 42.8 Å². The molecular weight excluding hydrogens is 357 g/mol. The molecule has 134 valence electrons. The van der Waals surface area contributed by atoms with Gasteiger partial charge in [-0.25, -0.2) is 21.6 Å². The van der Waals surface area contributed by atoms with E-state index >= 15 is 0 Å². The van der Waals surface area contributed by atoms with Gasteiger partial charge in [-0.1, -0.05) is 6.92 Å². The standard InChI is InChI=1S/C16H15F3N2O3S/c1-2-15(16(22)20-11-5-8-13(18)14(19)9-11)21-25(23,24)12-6-3-10(17)4-7-12/h3-9,15,21H,2H2,1H3,(H,20,22). The van der Waals surface area contributed by atoms with Gasteiger partial charge in [0.1, 0.15) is 11.9 Å². The molecule has 2 aromatic carbocycles. The molecule has 0 bridgehead atoms. The van der Waals surface area contributed by atoms with Crippen molar-refractivity contribution in [3.8, 4) is 0 Å². The van der Waals surface area contributed by atoms with Crippen LogP contribution in [0.4, 0.5) is 18.9 Å². The zero-order valence-electron chi connectivity index (χ0n) is 13.1. The molecule has 0 saturated carbocycles. The van der Waals surface area contributed by atoms with Gasteiger partial charge in [-0.15, -0.1) is 0 Å². The minimum absolute atomic E-state index is 0.0108. The second kappa shape index (κ2) is 7.66. The zero-order valence-corrected chi connectivity index (χ0v) is 13.9. The molecule has 0 aliphatic heterocycles. The molecule has 0 aliphatic carbocycles. The van der Waals surface area contributed by atoms with Crippen LogP contribution in [0.1, 0.15) is 13.3 Å². The van der Waals surface area contributed by atoms with Crippen LogP contribution in [0.2, 0.25) is 0 Å². The first-order valence-electron chi connectivity index (χ1n) is 7.26. The molecule has 9 heteroatoms. The molecule has 1 atom stereocenters. The van der Waals surface area contributed by atoms with E-state index in [2.05, 4.69) is 10.0 Å². The van der Waals surface area contributed by atoms with E-state index in [9.17, 15) is 26.4 Å². The fourth-order valence-electron chi connectivity index (χ4n) is 1.99. The van der Waals surface area contributed by atoms with Crippen molar-refractivity contribution < 1.29 is 26.4 Å². The predicted molar refractivity (Wildman–Crippen MR) is 85.8 cm³/mol. The third-order valence-electron chi connectivity index (χ3n) is 3.33. The Morgan fingerprint density at radius 3 is 2.24 bits per heavy atom. The number of benzene rings is 2. The fourth-order valence-corrected chi connectivity index (χ4v) is 3.27. The lowest BCUT2D eigenvalue weighted by Crippen LogP contribution is -2.43. The van der Waals surface area contributed by atoms with E-state index in [0.717, 1.165) is 42.5 Å². The number of sulfonamides is 1. The number of amides is 1. The van der Waals surface area contributed by atoms with Crippen molar-refractivity contribution in [1.82, 2.24) is 4.72 Å². The van der Waals surface area contributed by atoms with Gasteiger partial charge in [-0.2, -0.15) is 4.72 Å². The highest BCUT2D eigenvalue weighted by Crippen LogP contribution is 2.15. The van der Waals surface area contributed by atoms with Crippen molar-refractivity contribution in [3.63, 3.8) is 0 Å². The molecule has 2 aromatic rings. The minimum Gasteiger partial charge on any atom is -0.325 e. The molecule has 1 unspecified atom stereocenters. The maximum absolute atomic E-state index is 13.2. The third-order valence-corrected chi connectivity index (χ3v) is 4.82. The van der Waals surface area contributed by atoms with Gasteiger partial charge in [0.05, 0.1) is 4.90 Å². The van der Waals surface area contributed by atoms with E-state index in [1.165, 1.54) is 0 Å². The van der Waals surface area contributed by atoms with Gasteiger partial charge in [0, 0.05) is 11.8 Å². The predicted octanol–water partition coefficient (Wildman–Crippen LogP) is 2.80. The third kappa shape index (κ3) is 4.80. The van der Waals surface area contributed by atoms with Crippen LogP contribution in [0.5, 0.6) is 0 Å². The number of carbonyl (C=O) groups is 1. The van der Waals surface area contributed by atoms with Crippen molar-refractivity contribution in [2.75, 3.05) is 5.32 Å². The summed E-state index contributed by atoms with van der Waals surface area (Å²) < 4.78 is 65.6. The van der Waals surface area contributed by atoms with Crippen molar-refractivity contribution in [1.29, 1.82) is 0 Å². The molecular formula is C16H15F3N2O3S. The maximum Gasteiger partial charge on any atom is 0.242 e. The van der Waals surface area contributed by atoms with Crippen molar-refractivity contribution in [2.45, 2.75) is 24.3 Å². The first kappa shape index (κ1) is 18.9. The highest BCUT2D eigenvalue weighted by Gasteiger charge is 2.24. The Morgan fingerprint density at radius 1 is 1.04 bits per heavy atom. The van der Waals surface area contributed by atoms with Crippen LogP contribution >= 0.6 is 0 Å². The summed E-state index contributed by atoms with van der Waals surface area (Å²) in [7, 11) is -4.05. The summed E-state index contributed by atoms with van der Waals surface area (Å²) in [6.45, 7) is 1.57. The Labute approximate surface area is 142 Å². The number of halogens is 3. The molecule has 0 spiro atoms. The monoisotopic (exact) mass is 372 g/mol. The lowest BCUT2D eigenvalue weighted by atomic mass is 10.2. The van der Waals surface area contributed by atoms with Crippen LogP contribution in [-0.4, -0.2) is 20.4 Å². The summed E-state index contributed by atoms with van der Waals surface area (Å²) in [4.78, 5) is 12.0. The molecule has 0 heterocycles. The SMILES string of the molecule is CCC(NS(=O)(=O)c1ccc(F)cc1)C(=O)Nc1ccc(F)c(F)c1. The van der Waals surface area contributed by atoms with Crippen LogP contribution < -0.4 is 10.0 Å². The Bertz CT molecular complexity index is 871. The highest BCUT2D eigenvalue weighted by molar-refractivity contribution is 7.89. The molecule has 5 nitrogen and oxygen atoms in total. The number of nitrogens with one attached hydrogen (secondary N) is 2. The molecule has 2 N–H and O–H groups in total. The lowest BCUT2D eigenvalue weighted by molar-refractivity contribution is -0.117. The van der Waals surface area contributed by atoms with E-state index < -0.39 is 39.4 Å². The lowest BCUT2D eigenvalue weighted by Gasteiger charge is -2.17. The number of hydrogen-bond donors (Lipinski definition) is 2. The van der Waals surface area contributed by atoms with Gasteiger partial charge >= 0.3 is 0 Å². The van der Waals surface area contributed by atoms with Crippen LogP contribution in [0.25, 0.3) is 0 Å². The van der Waals surface area contributed by atoms with Crippen LogP contribution in [0, 0.1) is 17.5 Å². The number of anilines is 1. The molecule has 0 saturated heterocycles. The molecule has 0 aromatic heterocycles. The van der Waals surface area contributed by atoms with Gasteiger partial charge < -0.3 is 5.32 Å². The van der Waals surface area contributed by atoms with Gasteiger partial charge in [0.25, 0.3) is 0 Å². The van der Waals surface area contributed by atoms with Crippen LogP contribution in [0.3, 0.4) is 0 Å². The molecule has 1 amide bonds. The average Bonchev–Trinajstić information content (AvgIpc) is 2.56. The van der Waals surface area contributed by atoms with Gasteiger partial charge in [0.15, 0.2) is 11.6 Å². The van der Waals surface area contributed by atoms with E-state index in [-0.39, 0.29) is 17.0 Å². The van der Waals surface area contributed by atoms with Crippen molar-refractivity contribution >= 4 is 21.6 Å². The van der Waals surface area contributed by atoms with E-state index in [1.54, 1.807) is 6.92 Å². The minimum atomic E-state index is -4.05. The Hall–Kier alpha value is -2.39. The Kier molecular flexibility index (Phi) is 5.81. The quantitative estimate of drug-likeness (QED) is 0.819. The number of hydrogen-bond acceptors (Lipinski definition) is 3. The van der Waals surface area contributed by atoms with Crippen LogP contribution in [-0.2, 0) is 14.8 Å². The van der Waals surface area contributed by atoms with Crippen LogP contribution in [0.15, 0.2) is 47.4 Å². The largest absolute Gasteiger partial charge is 0.325 e. The molecule has 25 heavy (non-hydrogen) atoms. The summed E-state index contributed by atoms with van der Waals surface area (Å²) >= 11 is 0. The number of carbonyl (C=O) groups excluding carboxylic acids is 1. The molecule has 0 fully saturated rings. The first-order valence-corrected chi connectivity index (χ1v) is 8.75. The summed E-state index contributed by atoms with van der Waals surface area (Å²) in [6, 6.07) is 5.73. The summed E-state index contributed by atoms with van der Waals surface area (Å²) in [6.07, 6.45) is 0.107. The van der Waals surface area contributed by atoms with E-state index in [1.807, 2.05) is 0 Å².